The summed E-state index contributed by atoms with van der Waals surface area (Å²) >= 11 is 4.33. The fourth-order valence-corrected chi connectivity index (χ4v) is 17.1. The molecule has 0 unspecified atom stereocenters. The van der Waals surface area contributed by atoms with Crippen LogP contribution in [-0.4, -0.2) is 101 Å². The van der Waals surface area contributed by atoms with Crippen LogP contribution in [0, 0.1) is 5.92 Å². The van der Waals surface area contributed by atoms with Crippen LogP contribution in [0.5, 0.6) is 0 Å². The number of hydrogen-bond acceptors (Lipinski definition) is 9. The predicted molar refractivity (Wildman–Crippen MR) is 320 cm³/mol. The van der Waals surface area contributed by atoms with Gasteiger partial charge in [0, 0.05) is 24.2 Å². The summed E-state index contributed by atoms with van der Waals surface area (Å²) in [4.78, 5) is 11.5. The monoisotopic (exact) mass is 1090 g/mol. The fraction of sp³-hybridized carbons (Fsp3) is 0.836. The van der Waals surface area contributed by atoms with Crippen LogP contribution in [0.4, 0.5) is 0 Å². The minimum Gasteiger partial charge on any atom is -0.466 e. The van der Waals surface area contributed by atoms with Crippen LogP contribution >= 0.6 is 23.5 Å². The standard InChI is InChI=1S/C55H110O7S2Si5/c1-44(48(62-69(26,27)54(14,15)16)36-33-31-29-28-30-32-34-37-49(56)57-17)55(63-38-35-39-64-55)42-46(60-67(22,23)52(8,9)10)40-45(59-66(20,21)51(5,6)7)41-47(61-68(24,25)53(11,12)13)43-58-65(18,19)50(2,3)4/h28-34,37,44-48H,35-36,38-43H2,1-27H3/b29-28+,32-30+,33-31+,37-34+/t44-,45+,46-,47+,48+/m1/s1. The molecule has 0 aliphatic carbocycles. The maximum atomic E-state index is 11.5. The van der Waals surface area contributed by atoms with Gasteiger partial charge in [-0.15, -0.1) is 23.5 Å². The van der Waals surface area contributed by atoms with Crippen LogP contribution in [0.1, 0.15) is 143 Å². The van der Waals surface area contributed by atoms with E-state index in [1.807, 2.05) is 18.2 Å². The van der Waals surface area contributed by atoms with Crippen LogP contribution in [0.15, 0.2) is 48.6 Å². The molecule has 1 saturated heterocycles. The van der Waals surface area contributed by atoms with Gasteiger partial charge in [-0.2, -0.15) is 0 Å². The summed E-state index contributed by atoms with van der Waals surface area (Å²) in [5.74, 6) is 2.13. The second-order valence-electron chi connectivity index (χ2n) is 27.6. The van der Waals surface area contributed by atoms with Crippen molar-refractivity contribution in [3.05, 3.63) is 48.6 Å². The third-order valence-electron chi connectivity index (χ3n) is 16.8. The van der Waals surface area contributed by atoms with Crippen LogP contribution in [0.2, 0.25) is 90.7 Å². The molecule has 0 radical (unpaired) electrons. The minimum absolute atomic E-state index is 0.0230. The van der Waals surface area contributed by atoms with Gasteiger partial charge >= 0.3 is 5.97 Å². The average molecular weight is 1090 g/mol. The topological polar surface area (TPSA) is 72.5 Å². The SMILES string of the molecule is COC(=O)/C=C/C=C/C=C/C=C/C[C@H](O[Si](C)(C)C(C)(C)C)[C@@H](C)C1(C[C@@H](C[C@@H](C[C@@H](CO[Si](C)(C)C(C)(C)C)O[Si](C)(C)C(C)(C)C)O[Si](C)(C)C(C)(C)C)O[Si](C)(C)C(C)(C)C)SCCCS1. The molecular weight excluding hydrogens is 977 g/mol. The van der Waals surface area contributed by atoms with Crippen molar-refractivity contribution in [3.8, 4) is 0 Å². The summed E-state index contributed by atoms with van der Waals surface area (Å²) in [6.45, 7) is 62.4. The van der Waals surface area contributed by atoms with Crippen LogP contribution in [-0.2, 0) is 31.7 Å². The summed E-state index contributed by atoms with van der Waals surface area (Å²) in [7, 11) is -9.59. The van der Waals surface area contributed by atoms with E-state index in [0.717, 1.165) is 37.2 Å². The smallest absolute Gasteiger partial charge is 0.330 e. The number of carbonyl (C=O) groups is 1. The number of rotatable bonds is 25. The molecular formula is C55H110O7S2Si5. The first-order valence-corrected chi connectivity index (χ1v) is 42.8. The summed E-state index contributed by atoms with van der Waals surface area (Å²) < 4.78 is 42.2. The molecule has 0 spiro atoms. The molecule has 0 saturated carbocycles. The van der Waals surface area contributed by atoms with E-state index in [0.29, 0.717) is 6.61 Å². The number of thioether (sulfide) groups is 2. The highest BCUT2D eigenvalue weighted by molar-refractivity contribution is 8.18. The Morgan fingerprint density at radius 2 is 0.913 bits per heavy atom. The molecule has 5 atom stereocenters. The van der Waals surface area contributed by atoms with Gasteiger partial charge in [0.2, 0.25) is 0 Å². The number of ether oxygens (including phenoxy) is 1. The minimum atomic E-state index is -2.27. The molecule has 0 amide bonds. The van der Waals surface area contributed by atoms with Gasteiger partial charge in [0.15, 0.2) is 41.6 Å². The first-order chi connectivity index (χ1) is 30.9. The lowest BCUT2D eigenvalue weighted by Crippen LogP contribution is -2.53. The zero-order valence-corrected chi connectivity index (χ0v) is 56.5. The van der Waals surface area contributed by atoms with Gasteiger partial charge in [-0.1, -0.05) is 153 Å². The Hall–Kier alpha value is 0.0144. The maximum absolute atomic E-state index is 11.5. The van der Waals surface area contributed by atoms with Crippen molar-refractivity contribution >= 4 is 71.1 Å². The van der Waals surface area contributed by atoms with E-state index in [2.05, 4.69) is 218 Å². The molecule has 1 heterocycles. The zero-order chi connectivity index (χ0) is 53.9. The summed E-state index contributed by atoms with van der Waals surface area (Å²) in [6, 6.07) is 0. The normalized spacial score (nSPS) is 19.2. The highest BCUT2D eigenvalue weighted by Crippen LogP contribution is 2.55. The summed E-state index contributed by atoms with van der Waals surface area (Å²) in [5.41, 5.74) is 0. The first kappa shape index (κ1) is 67.0. The molecule has 7 nitrogen and oxygen atoms in total. The molecule has 0 aromatic carbocycles. The van der Waals surface area contributed by atoms with Crippen LogP contribution in [0.25, 0.3) is 0 Å². The van der Waals surface area contributed by atoms with E-state index in [4.69, 9.17) is 26.9 Å². The Morgan fingerprint density at radius 1 is 0.536 bits per heavy atom. The quantitative estimate of drug-likeness (QED) is 0.0385. The van der Waals surface area contributed by atoms with E-state index in [9.17, 15) is 4.79 Å². The molecule has 14 heteroatoms. The van der Waals surface area contributed by atoms with Gasteiger partial charge < -0.3 is 26.9 Å². The lowest BCUT2D eigenvalue weighted by molar-refractivity contribution is -0.134. The fourth-order valence-electron chi connectivity index (χ4n) is 6.82. The van der Waals surface area contributed by atoms with Crippen molar-refractivity contribution < 1.29 is 31.7 Å². The number of hydrogen-bond donors (Lipinski definition) is 0. The average Bonchev–Trinajstić information content (AvgIpc) is 3.16. The van der Waals surface area contributed by atoms with Crippen molar-refractivity contribution in [1.82, 2.24) is 0 Å². The van der Waals surface area contributed by atoms with Gasteiger partial charge in [0.25, 0.3) is 0 Å². The molecule has 1 aliphatic rings. The summed E-state index contributed by atoms with van der Waals surface area (Å²) in [6.07, 6.45) is 19.7. The molecule has 0 aromatic heterocycles. The number of allylic oxidation sites excluding steroid dienone is 6. The Morgan fingerprint density at radius 3 is 1.35 bits per heavy atom. The van der Waals surface area contributed by atoms with Crippen molar-refractivity contribution in [1.29, 1.82) is 0 Å². The molecule has 0 aromatic rings. The maximum Gasteiger partial charge on any atom is 0.330 e. The van der Waals surface area contributed by atoms with E-state index in [-0.39, 0.29) is 65.6 Å². The third-order valence-corrected chi connectivity index (χ3v) is 43.1. The van der Waals surface area contributed by atoms with E-state index < -0.39 is 41.6 Å². The second kappa shape index (κ2) is 26.2. The number of esters is 1. The van der Waals surface area contributed by atoms with Crippen LogP contribution in [0.3, 0.4) is 0 Å². The van der Waals surface area contributed by atoms with Crippen molar-refractivity contribution in [3.63, 3.8) is 0 Å². The number of carbonyl (C=O) groups excluding carboxylic acids is 1. The first-order valence-electron chi connectivity index (χ1n) is 26.2. The molecule has 69 heavy (non-hydrogen) atoms. The van der Waals surface area contributed by atoms with E-state index in [1.54, 1.807) is 6.08 Å². The van der Waals surface area contributed by atoms with Gasteiger partial charge in [0.1, 0.15) is 0 Å². The third kappa shape index (κ3) is 21.3. The largest absolute Gasteiger partial charge is 0.466 e. The lowest BCUT2D eigenvalue weighted by Gasteiger charge is -2.50. The predicted octanol–water partition coefficient (Wildman–Crippen LogP) is 17.7. The van der Waals surface area contributed by atoms with Crippen molar-refractivity contribution in [2.75, 3.05) is 25.2 Å². The van der Waals surface area contributed by atoms with Crippen molar-refractivity contribution in [2.24, 2.45) is 5.92 Å². The lowest BCUT2D eigenvalue weighted by atomic mass is 9.91. The number of methoxy groups -OCH3 is 1. The van der Waals surface area contributed by atoms with E-state index in [1.165, 1.54) is 19.6 Å². The highest BCUT2D eigenvalue weighted by atomic mass is 32.2. The Labute approximate surface area is 441 Å². The molecule has 1 fully saturated rings. The Bertz CT molecular complexity index is 1680. The van der Waals surface area contributed by atoms with Gasteiger partial charge in [-0.3, -0.25) is 0 Å². The zero-order valence-electron chi connectivity index (χ0n) is 49.8. The second-order valence-corrected chi connectivity index (χ2v) is 54.6. The van der Waals surface area contributed by atoms with Crippen molar-refractivity contribution in [2.45, 2.75) is 262 Å². The molecule has 0 bridgehead atoms. The molecule has 1 aliphatic heterocycles. The highest BCUT2D eigenvalue weighted by Gasteiger charge is 2.51. The Kier molecular flexibility index (Phi) is 25.4. The summed E-state index contributed by atoms with van der Waals surface area (Å²) in [5, 5.41) is 0.289. The van der Waals surface area contributed by atoms with Crippen LogP contribution < -0.4 is 0 Å². The molecule has 404 valence electrons. The Balaban J connectivity index is 4.08. The van der Waals surface area contributed by atoms with E-state index >= 15 is 0 Å². The van der Waals surface area contributed by atoms with Gasteiger partial charge in [-0.25, -0.2) is 4.79 Å². The van der Waals surface area contributed by atoms with Gasteiger partial charge in [-0.05, 0) is 134 Å². The van der Waals surface area contributed by atoms with Gasteiger partial charge in [0.05, 0.1) is 30.0 Å². The molecule has 0 N–H and O–H groups in total. The molecule has 1 rings (SSSR count).